The molecule has 0 saturated carbocycles. The van der Waals surface area contributed by atoms with Crippen molar-refractivity contribution in [2.24, 2.45) is 17.6 Å². The number of halogens is 1. The number of carbonyl (C=O) groups excluding carboxylic acids is 3. The lowest BCUT2D eigenvalue weighted by molar-refractivity contribution is -0.118. The first-order valence-corrected chi connectivity index (χ1v) is 12.1. The minimum absolute atomic E-state index is 0.0375. The number of alkyl carbamates (subject to hydrolysis) is 1. The van der Waals surface area contributed by atoms with E-state index in [0.717, 1.165) is 5.56 Å². The van der Waals surface area contributed by atoms with Crippen molar-refractivity contribution in [3.8, 4) is 0 Å². The molecule has 0 bridgehead atoms. The SMILES string of the molecule is CC(C)[C@H](NC(=O)OCc1ccccc1)/C(F)=C/[C@@H](CCCNC(N)=O)C(=O)Nc1ccc(CO)cc1. The molecule has 0 heterocycles. The molecule has 2 aromatic carbocycles. The van der Waals surface area contributed by atoms with Crippen molar-refractivity contribution in [1.29, 1.82) is 0 Å². The molecule has 0 aromatic heterocycles. The zero-order chi connectivity index (χ0) is 27.2. The van der Waals surface area contributed by atoms with Crippen molar-refractivity contribution in [3.63, 3.8) is 0 Å². The van der Waals surface area contributed by atoms with Crippen LogP contribution in [0.1, 0.15) is 37.8 Å². The van der Waals surface area contributed by atoms with E-state index in [2.05, 4.69) is 16.0 Å². The van der Waals surface area contributed by atoms with Crippen LogP contribution in [-0.2, 0) is 22.7 Å². The van der Waals surface area contributed by atoms with Crippen LogP contribution in [0, 0.1) is 11.8 Å². The van der Waals surface area contributed by atoms with Crippen molar-refractivity contribution in [1.82, 2.24) is 10.6 Å². The molecule has 6 N–H and O–H groups in total. The zero-order valence-electron chi connectivity index (χ0n) is 21.1. The molecule has 4 amide bonds. The minimum Gasteiger partial charge on any atom is -0.445 e. The Hall–Kier alpha value is -3.92. The van der Waals surface area contributed by atoms with Crippen LogP contribution < -0.4 is 21.7 Å². The van der Waals surface area contributed by atoms with Gasteiger partial charge in [-0.2, -0.15) is 0 Å². The van der Waals surface area contributed by atoms with E-state index >= 15 is 4.39 Å². The summed E-state index contributed by atoms with van der Waals surface area (Å²) in [6.45, 7) is 3.61. The maximum atomic E-state index is 15.4. The molecule has 0 aliphatic carbocycles. The quantitative estimate of drug-likeness (QED) is 0.257. The molecule has 0 aliphatic rings. The van der Waals surface area contributed by atoms with Crippen molar-refractivity contribution in [2.75, 3.05) is 11.9 Å². The van der Waals surface area contributed by atoms with Gasteiger partial charge >= 0.3 is 12.1 Å². The maximum Gasteiger partial charge on any atom is 0.408 e. The first kappa shape index (κ1) is 29.3. The lowest BCUT2D eigenvalue weighted by atomic mass is 9.96. The van der Waals surface area contributed by atoms with Crippen molar-refractivity contribution in [2.45, 2.75) is 45.9 Å². The predicted octanol–water partition coefficient (Wildman–Crippen LogP) is 3.99. The Morgan fingerprint density at radius 2 is 1.73 bits per heavy atom. The maximum absolute atomic E-state index is 15.4. The van der Waals surface area contributed by atoms with E-state index in [4.69, 9.17) is 10.5 Å². The van der Waals surface area contributed by atoms with Gasteiger partial charge < -0.3 is 31.5 Å². The van der Waals surface area contributed by atoms with Crippen molar-refractivity contribution in [3.05, 3.63) is 77.6 Å². The second kappa shape index (κ2) is 15.2. The van der Waals surface area contributed by atoms with E-state index in [9.17, 15) is 19.5 Å². The standard InChI is InChI=1S/C27H35FN4O5/c1-18(2)24(32-27(36)37-17-20-7-4-3-5-8-20)23(28)15-21(9-6-14-30-26(29)35)25(34)31-22-12-10-19(16-33)11-13-22/h3-5,7-8,10-13,15,18,21,24,33H,6,9,14,16-17H2,1-2H3,(H,31,34)(H,32,36)(H3,29,30,35)/b23-15-/t21-,24+/m1/s1. The highest BCUT2D eigenvalue weighted by molar-refractivity contribution is 5.93. The number of nitrogens with two attached hydrogens (primary N) is 1. The lowest BCUT2D eigenvalue weighted by Crippen LogP contribution is -2.40. The summed E-state index contributed by atoms with van der Waals surface area (Å²) in [6, 6.07) is 14.0. The van der Waals surface area contributed by atoms with Gasteiger partial charge in [0.25, 0.3) is 0 Å². The number of urea groups is 1. The van der Waals surface area contributed by atoms with Gasteiger partial charge in [-0.25, -0.2) is 14.0 Å². The average molecular weight is 515 g/mol. The van der Waals surface area contributed by atoms with Crippen LogP contribution in [0.2, 0.25) is 0 Å². The van der Waals surface area contributed by atoms with E-state index in [-0.39, 0.29) is 32.1 Å². The van der Waals surface area contributed by atoms with E-state index in [1.165, 1.54) is 6.08 Å². The number of rotatable bonds is 13. The van der Waals surface area contributed by atoms with Crippen molar-refractivity contribution < 1.29 is 28.6 Å². The minimum atomic E-state index is -1.01. The van der Waals surface area contributed by atoms with Gasteiger partial charge in [-0.05, 0) is 48.1 Å². The van der Waals surface area contributed by atoms with Gasteiger partial charge in [0.15, 0.2) is 0 Å². The number of nitrogens with one attached hydrogen (secondary N) is 3. The lowest BCUT2D eigenvalue weighted by Gasteiger charge is -2.22. The molecular formula is C27H35FN4O5. The highest BCUT2D eigenvalue weighted by atomic mass is 19.1. The Morgan fingerprint density at radius 1 is 1.05 bits per heavy atom. The van der Waals surface area contributed by atoms with Crippen molar-refractivity contribution >= 4 is 23.7 Å². The molecule has 9 nitrogen and oxygen atoms in total. The van der Waals surface area contributed by atoms with Gasteiger partial charge in [0.2, 0.25) is 5.91 Å². The fraction of sp³-hybridized carbons (Fsp3) is 0.370. The molecule has 10 heteroatoms. The Bertz CT molecular complexity index is 1040. The molecule has 0 fully saturated rings. The summed E-state index contributed by atoms with van der Waals surface area (Å²) in [7, 11) is 0. The van der Waals surface area contributed by atoms with Gasteiger partial charge in [0, 0.05) is 12.2 Å². The molecule has 0 aliphatic heterocycles. The predicted molar refractivity (Wildman–Crippen MR) is 139 cm³/mol. The number of ether oxygens (including phenoxy) is 1. The third-order valence-corrected chi connectivity index (χ3v) is 5.54. The molecule has 2 atom stereocenters. The fourth-order valence-electron chi connectivity index (χ4n) is 3.49. The normalized spacial score (nSPS) is 12.9. The highest BCUT2D eigenvalue weighted by Crippen LogP contribution is 2.21. The second-order valence-corrected chi connectivity index (χ2v) is 8.86. The number of aliphatic hydroxyl groups is 1. The van der Waals surface area contributed by atoms with Gasteiger partial charge in [0.05, 0.1) is 18.6 Å². The smallest absolute Gasteiger partial charge is 0.408 e. The van der Waals surface area contributed by atoms with Crippen LogP contribution in [0.25, 0.3) is 0 Å². The molecule has 0 radical (unpaired) electrons. The topological polar surface area (TPSA) is 143 Å². The van der Waals surface area contributed by atoms with E-state index in [0.29, 0.717) is 17.7 Å². The third kappa shape index (κ3) is 10.7. The number of benzene rings is 2. The summed E-state index contributed by atoms with van der Waals surface area (Å²) in [6.07, 6.45) is 0.996. The molecule has 0 unspecified atom stereocenters. The molecule has 2 aromatic rings. The monoisotopic (exact) mass is 514 g/mol. The first-order chi connectivity index (χ1) is 17.7. The number of hydrogen-bond donors (Lipinski definition) is 5. The van der Waals surface area contributed by atoms with Gasteiger partial charge in [-0.1, -0.05) is 56.3 Å². The van der Waals surface area contributed by atoms with Crippen LogP contribution in [0.5, 0.6) is 0 Å². The number of primary amides is 1. The van der Waals surface area contributed by atoms with E-state index in [1.54, 1.807) is 50.2 Å². The highest BCUT2D eigenvalue weighted by Gasteiger charge is 2.25. The van der Waals surface area contributed by atoms with Crippen LogP contribution in [0.3, 0.4) is 0 Å². The molecule has 2 rings (SSSR count). The number of hydrogen-bond acceptors (Lipinski definition) is 5. The summed E-state index contributed by atoms with van der Waals surface area (Å²) in [5.74, 6) is -2.35. The molecule has 37 heavy (non-hydrogen) atoms. The summed E-state index contributed by atoms with van der Waals surface area (Å²) in [5.41, 5.74) is 7.05. The molecule has 200 valence electrons. The third-order valence-electron chi connectivity index (χ3n) is 5.54. The van der Waals surface area contributed by atoms with Crippen LogP contribution >= 0.6 is 0 Å². The van der Waals surface area contributed by atoms with Crippen LogP contribution in [0.4, 0.5) is 19.7 Å². The Labute approximate surface area is 216 Å². The summed E-state index contributed by atoms with van der Waals surface area (Å²) >= 11 is 0. The Kier molecular flexibility index (Phi) is 12.1. The average Bonchev–Trinajstić information content (AvgIpc) is 2.88. The second-order valence-electron chi connectivity index (χ2n) is 8.86. The fourth-order valence-corrected chi connectivity index (χ4v) is 3.49. The Balaban J connectivity index is 2.11. The number of amides is 4. The van der Waals surface area contributed by atoms with E-state index < -0.39 is 35.8 Å². The number of aliphatic hydroxyl groups excluding tert-OH is 1. The van der Waals surface area contributed by atoms with Gasteiger partial charge in [-0.15, -0.1) is 0 Å². The van der Waals surface area contributed by atoms with Gasteiger partial charge in [-0.3, -0.25) is 4.79 Å². The number of carbonyl (C=O) groups is 3. The van der Waals surface area contributed by atoms with Gasteiger partial charge in [0.1, 0.15) is 12.4 Å². The largest absolute Gasteiger partial charge is 0.445 e. The summed E-state index contributed by atoms with van der Waals surface area (Å²) < 4.78 is 20.6. The number of anilines is 1. The molecular weight excluding hydrogens is 479 g/mol. The molecule has 0 saturated heterocycles. The van der Waals surface area contributed by atoms with E-state index in [1.807, 2.05) is 18.2 Å². The van der Waals surface area contributed by atoms with Crippen LogP contribution in [0.15, 0.2) is 66.5 Å². The molecule has 0 spiro atoms. The Morgan fingerprint density at radius 3 is 2.32 bits per heavy atom. The zero-order valence-corrected chi connectivity index (χ0v) is 21.1. The van der Waals surface area contributed by atoms with Crippen LogP contribution in [-0.4, -0.2) is 35.7 Å². The summed E-state index contributed by atoms with van der Waals surface area (Å²) in [5, 5.41) is 16.9. The summed E-state index contributed by atoms with van der Waals surface area (Å²) in [4.78, 5) is 36.3. The first-order valence-electron chi connectivity index (χ1n) is 12.1.